The number of aromatic hydroxyl groups is 1. The molecule has 1 aromatic carbocycles. The van der Waals surface area contributed by atoms with Gasteiger partial charge in [-0.25, -0.2) is 4.98 Å². The van der Waals surface area contributed by atoms with E-state index in [-0.39, 0.29) is 18.7 Å². The van der Waals surface area contributed by atoms with Crippen molar-refractivity contribution in [3.8, 4) is 5.75 Å². The number of aryl methyl sites for hydroxylation is 2. The molecule has 0 unspecified atom stereocenters. The fraction of sp³-hybridized carbons (Fsp3) is 0.417. The molecule has 3 nitrogen and oxygen atoms in total. The first-order valence-corrected chi connectivity index (χ1v) is 5.60. The minimum atomic E-state index is -4.15. The van der Waals surface area contributed by atoms with Crippen LogP contribution in [0.4, 0.5) is 13.2 Å². The van der Waals surface area contributed by atoms with Crippen molar-refractivity contribution in [3.63, 3.8) is 0 Å². The summed E-state index contributed by atoms with van der Waals surface area (Å²) >= 11 is 0. The summed E-state index contributed by atoms with van der Waals surface area (Å²) in [6.07, 6.45) is -5.00. The maximum Gasteiger partial charge on any atom is 0.389 e. The third-order valence-corrected chi connectivity index (χ3v) is 2.78. The van der Waals surface area contributed by atoms with Crippen molar-refractivity contribution < 1.29 is 18.3 Å². The maximum atomic E-state index is 12.1. The van der Waals surface area contributed by atoms with E-state index in [1.807, 2.05) is 0 Å². The van der Waals surface area contributed by atoms with Crippen LogP contribution in [-0.4, -0.2) is 20.8 Å². The maximum absolute atomic E-state index is 12.1. The molecule has 0 aliphatic rings. The lowest BCUT2D eigenvalue weighted by Gasteiger charge is -2.09. The van der Waals surface area contributed by atoms with E-state index >= 15 is 0 Å². The highest BCUT2D eigenvalue weighted by Gasteiger charge is 2.26. The van der Waals surface area contributed by atoms with Crippen molar-refractivity contribution in [2.75, 3.05) is 0 Å². The molecule has 0 aliphatic carbocycles. The summed E-state index contributed by atoms with van der Waals surface area (Å²) in [5.41, 5.74) is 1.09. The van der Waals surface area contributed by atoms with Crippen molar-refractivity contribution >= 4 is 11.0 Å². The Balaban J connectivity index is 2.25. The molecule has 2 aromatic rings. The van der Waals surface area contributed by atoms with Gasteiger partial charge in [0.15, 0.2) is 0 Å². The van der Waals surface area contributed by atoms with E-state index in [1.54, 1.807) is 23.6 Å². The average Bonchev–Trinajstić information content (AvgIpc) is 2.55. The molecule has 0 bridgehead atoms. The van der Waals surface area contributed by atoms with Gasteiger partial charge < -0.3 is 9.67 Å². The Morgan fingerprint density at radius 3 is 2.72 bits per heavy atom. The van der Waals surface area contributed by atoms with Crippen LogP contribution in [0.15, 0.2) is 18.2 Å². The van der Waals surface area contributed by atoms with Crippen LogP contribution >= 0.6 is 0 Å². The van der Waals surface area contributed by atoms with Crippen molar-refractivity contribution in [3.05, 3.63) is 24.0 Å². The SMILES string of the molecule is Cc1nc2cccc(O)c2n1CCCC(F)(F)F. The van der Waals surface area contributed by atoms with E-state index in [4.69, 9.17) is 0 Å². The van der Waals surface area contributed by atoms with Gasteiger partial charge in [0, 0.05) is 13.0 Å². The molecule has 0 aliphatic heterocycles. The molecule has 2 rings (SSSR count). The van der Waals surface area contributed by atoms with E-state index in [1.165, 1.54) is 6.07 Å². The topological polar surface area (TPSA) is 38.1 Å². The fourth-order valence-corrected chi connectivity index (χ4v) is 1.99. The molecule has 0 saturated carbocycles. The summed E-state index contributed by atoms with van der Waals surface area (Å²) in [5, 5.41) is 9.74. The molecule has 0 spiro atoms. The number of phenolic OH excluding ortho intramolecular Hbond substituents is 1. The van der Waals surface area contributed by atoms with Crippen LogP contribution in [0.25, 0.3) is 11.0 Å². The van der Waals surface area contributed by atoms with Crippen LogP contribution in [-0.2, 0) is 6.54 Å². The number of phenols is 1. The minimum absolute atomic E-state index is 0.0237. The standard InChI is InChI=1S/C12H13F3N2O/c1-8-16-9-4-2-5-10(18)11(9)17(8)7-3-6-12(13,14)15/h2,4-5,18H,3,6-7H2,1H3. The second-order valence-electron chi connectivity index (χ2n) is 4.17. The number of hydrogen-bond acceptors (Lipinski definition) is 2. The van der Waals surface area contributed by atoms with E-state index in [0.717, 1.165) is 0 Å². The van der Waals surface area contributed by atoms with Crippen molar-refractivity contribution in [2.24, 2.45) is 0 Å². The molecule has 0 radical (unpaired) electrons. The lowest BCUT2D eigenvalue weighted by molar-refractivity contribution is -0.135. The van der Waals surface area contributed by atoms with Gasteiger partial charge in [0.2, 0.25) is 0 Å². The molecule has 0 amide bonds. The van der Waals surface area contributed by atoms with E-state index < -0.39 is 12.6 Å². The Hall–Kier alpha value is -1.72. The fourth-order valence-electron chi connectivity index (χ4n) is 1.99. The molecule has 98 valence electrons. The van der Waals surface area contributed by atoms with Crippen LogP contribution in [0.3, 0.4) is 0 Å². The number of fused-ring (bicyclic) bond motifs is 1. The normalized spacial score (nSPS) is 12.2. The van der Waals surface area contributed by atoms with Crippen LogP contribution in [0, 0.1) is 6.92 Å². The number of nitrogens with zero attached hydrogens (tertiary/aromatic N) is 2. The zero-order valence-corrected chi connectivity index (χ0v) is 9.83. The monoisotopic (exact) mass is 258 g/mol. The van der Waals surface area contributed by atoms with Crippen LogP contribution in [0.1, 0.15) is 18.7 Å². The summed E-state index contributed by atoms with van der Waals surface area (Å²) in [6, 6.07) is 4.89. The molecule has 1 aromatic heterocycles. The third kappa shape index (κ3) is 2.57. The third-order valence-electron chi connectivity index (χ3n) is 2.78. The predicted molar refractivity (Wildman–Crippen MR) is 61.4 cm³/mol. The number of para-hydroxylation sites is 1. The first kappa shape index (κ1) is 12.7. The molecule has 0 saturated heterocycles. The highest BCUT2D eigenvalue weighted by atomic mass is 19.4. The van der Waals surface area contributed by atoms with Gasteiger partial charge >= 0.3 is 6.18 Å². The predicted octanol–water partition coefficient (Wildman–Crippen LogP) is 3.39. The largest absolute Gasteiger partial charge is 0.506 e. The first-order chi connectivity index (χ1) is 8.38. The number of halogens is 3. The zero-order chi connectivity index (χ0) is 13.3. The number of aromatic nitrogens is 2. The van der Waals surface area contributed by atoms with Crippen LogP contribution in [0.5, 0.6) is 5.75 Å². The molecule has 6 heteroatoms. The molecule has 0 atom stereocenters. The minimum Gasteiger partial charge on any atom is -0.506 e. The Labute approximate surface area is 102 Å². The summed E-state index contributed by atoms with van der Waals surface area (Å²) in [6.45, 7) is 1.91. The van der Waals surface area contributed by atoms with Gasteiger partial charge in [-0.2, -0.15) is 13.2 Å². The Morgan fingerprint density at radius 1 is 1.33 bits per heavy atom. The van der Waals surface area contributed by atoms with Gasteiger partial charge in [-0.1, -0.05) is 6.07 Å². The lowest BCUT2D eigenvalue weighted by atomic mass is 10.2. The van der Waals surface area contributed by atoms with Gasteiger partial charge in [0.05, 0.1) is 5.52 Å². The molecule has 1 heterocycles. The Morgan fingerprint density at radius 2 is 2.06 bits per heavy atom. The van der Waals surface area contributed by atoms with Crippen molar-refractivity contribution in [1.29, 1.82) is 0 Å². The summed E-state index contributed by atoms with van der Waals surface area (Å²) in [4.78, 5) is 4.21. The van der Waals surface area contributed by atoms with Crippen molar-refractivity contribution in [1.82, 2.24) is 9.55 Å². The smallest absolute Gasteiger partial charge is 0.389 e. The second kappa shape index (κ2) is 4.51. The highest BCUT2D eigenvalue weighted by molar-refractivity contribution is 5.82. The lowest BCUT2D eigenvalue weighted by Crippen LogP contribution is -2.10. The Kier molecular flexibility index (Phi) is 3.19. The number of benzene rings is 1. The molecular weight excluding hydrogens is 245 g/mol. The van der Waals surface area contributed by atoms with Crippen LogP contribution < -0.4 is 0 Å². The van der Waals surface area contributed by atoms with Crippen LogP contribution in [0.2, 0.25) is 0 Å². The summed E-state index contributed by atoms with van der Waals surface area (Å²) < 4.78 is 37.9. The second-order valence-corrected chi connectivity index (χ2v) is 4.17. The number of rotatable bonds is 3. The van der Waals surface area contributed by atoms with Gasteiger partial charge in [-0.05, 0) is 25.5 Å². The number of imidazole rings is 1. The van der Waals surface area contributed by atoms with Gasteiger partial charge in [0.25, 0.3) is 0 Å². The van der Waals surface area contributed by atoms with E-state index in [9.17, 15) is 18.3 Å². The highest BCUT2D eigenvalue weighted by Crippen LogP contribution is 2.27. The molecular formula is C12H13F3N2O. The molecule has 1 N–H and O–H groups in total. The quantitative estimate of drug-likeness (QED) is 0.916. The number of hydrogen-bond donors (Lipinski definition) is 1. The van der Waals surface area contributed by atoms with E-state index in [0.29, 0.717) is 16.9 Å². The molecule has 18 heavy (non-hydrogen) atoms. The average molecular weight is 258 g/mol. The summed E-state index contributed by atoms with van der Waals surface area (Å²) in [7, 11) is 0. The van der Waals surface area contributed by atoms with E-state index in [2.05, 4.69) is 4.98 Å². The van der Waals surface area contributed by atoms with Gasteiger partial charge in [0.1, 0.15) is 17.1 Å². The summed E-state index contributed by atoms with van der Waals surface area (Å²) in [5.74, 6) is 0.647. The van der Waals surface area contributed by atoms with Crippen molar-refractivity contribution in [2.45, 2.75) is 32.5 Å². The van der Waals surface area contributed by atoms with Gasteiger partial charge in [-0.15, -0.1) is 0 Å². The Bertz CT molecular complexity index is 560. The first-order valence-electron chi connectivity index (χ1n) is 5.60. The van der Waals surface area contributed by atoms with Gasteiger partial charge in [-0.3, -0.25) is 0 Å². The zero-order valence-electron chi connectivity index (χ0n) is 9.83. The molecule has 0 fully saturated rings. The number of alkyl halides is 3.